The fourth-order valence-electron chi connectivity index (χ4n) is 3.92. The third-order valence-corrected chi connectivity index (χ3v) is 4.71. The van der Waals surface area contributed by atoms with Crippen LogP contribution < -0.4 is 5.73 Å². The van der Waals surface area contributed by atoms with Gasteiger partial charge in [-0.3, -0.25) is 10.1 Å². The number of nitrogens with two attached hydrogens (primary N) is 1. The van der Waals surface area contributed by atoms with Crippen molar-refractivity contribution in [3.05, 3.63) is 39.7 Å². The van der Waals surface area contributed by atoms with Gasteiger partial charge in [-0.15, -0.1) is 0 Å². The molecule has 0 aliphatic heterocycles. The van der Waals surface area contributed by atoms with E-state index in [4.69, 9.17) is 5.73 Å². The van der Waals surface area contributed by atoms with Crippen LogP contribution in [0.4, 0.5) is 10.1 Å². The van der Waals surface area contributed by atoms with Gasteiger partial charge in [-0.1, -0.05) is 6.42 Å². The average molecular weight is 264 g/mol. The van der Waals surface area contributed by atoms with Crippen LogP contribution in [0.15, 0.2) is 18.2 Å². The maximum atomic E-state index is 13.4. The number of halogens is 1. The number of nitro benzene ring substituents is 1. The van der Waals surface area contributed by atoms with Crippen LogP contribution in [0, 0.1) is 27.8 Å². The first-order chi connectivity index (χ1) is 8.96. The molecule has 2 aliphatic carbocycles. The van der Waals surface area contributed by atoms with E-state index in [0.29, 0.717) is 23.8 Å². The molecule has 0 saturated heterocycles. The third-order valence-electron chi connectivity index (χ3n) is 4.71. The van der Waals surface area contributed by atoms with E-state index in [9.17, 15) is 14.5 Å². The molecule has 4 nitrogen and oxygen atoms in total. The van der Waals surface area contributed by atoms with Gasteiger partial charge in [0.2, 0.25) is 0 Å². The van der Waals surface area contributed by atoms with E-state index in [0.717, 1.165) is 25.3 Å². The van der Waals surface area contributed by atoms with Gasteiger partial charge in [-0.05, 0) is 49.1 Å². The van der Waals surface area contributed by atoms with Gasteiger partial charge in [-0.25, -0.2) is 4.39 Å². The Bertz CT molecular complexity index is 534. The summed E-state index contributed by atoms with van der Waals surface area (Å²) in [4.78, 5) is 10.2. The van der Waals surface area contributed by atoms with Crippen molar-refractivity contribution >= 4 is 5.69 Å². The fourth-order valence-corrected chi connectivity index (χ4v) is 3.92. The highest BCUT2D eigenvalue weighted by Gasteiger charge is 2.48. The molecule has 2 N–H and O–H groups in total. The van der Waals surface area contributed by atoms with Gasteiger partial charge in [0, 0.05) is 11.6 Å². The fraction of sp³-hybridized carbons (Fsp3) is 0.571. The lowest BCUT2D eigenvalue weighted by Crippen LogP contribution is -2.46. The third kappa shape index (κ3) is 2.23. The molecule has 0 aromatic heterocycles. The molecule has 1 aromatic rings. The van der Waals surface area contributed by atoms with Crippen LogP contribution in [-0.2, 0) is 6.42 Å². The number of rotatable bonds is 3. The van der Waals surface area contributed by atoms with Gasteiger partial charge in [-0.2, -0.15) is 0 Å². The lowest BCUT2D eigenvalue weighted by molar-refractivity contribution is -0.385. The molecule has 2 fully saturated rings. The number of benzene rings is 1. The Morgan fingerprint density at radius 2 is 2.21 bits per heavy atom. The monoisotopic (exact) mass is 264 g/mol. The molecule has 3 unspecified atom stereocenters. The molecule has 3 rings (SSSR count). The molecule has 3 atom stereocenters. The first-order valence-corrected chi connectivity index (χ1v) is 6.69. The van der Waals surface area contributed by atoms with Crippen LogP contribution >= 0.6 is 0 Å². The molecule has 0 amide bonds. The Balaban J connectivity index is 1.85. The predicted octanol–water partition coefficient (Wildman–Crippen LogP) is 2.79. The summed E-state index contributed by atoms with van der Waals surface area (Å²) in [5, 5.41) is 10.8. The van der Waals surface area contributed by atoms with Crippen molar-refractivity contribution in [3.8, 4) is 0 Å². The van der Waals surface area contributed by atoms with E-state index in [1.807, 2.05) is 0 Å². The Morgan fingerprint density at radius 1 is 1.42 bits per heavy atom. The maximum absolute atomic E-state index is 13.4. The number of nitro groups is 1. The summed E-state index contributed by atoms with van der Waals surface area (Å²) in [5.41, 5.74) is 6.61. The van der Waals surface area contributed by atoms with Crippen molar-refractivity contribution in [1.29, 1.82) is 0 Å². The summed E-state index contributed by atoms with van der Waals surface area (Å²) < 4.78 is 13.4. The average Bonchev–Trinajstić information content (AvgIpc) is 2.87. The standard InChI is InChI=1S/C14H17FN2O2/c15-12-4-10(5-13(6-12)17(18)19)8-14(16)7-9-1-2-11(14)3-9/h4-6,9,11H,1-3,7-8,16H2. The molecule has 2 aliphatic rings. The minimum absolute atomic E-state index is 0.193. The molecular weight excluding hydrogens is 247 g/mol. The molecular formula is C14H17FN2O2. The lowest BCUT2D eigenvalue weighted by atomic mass is 9.77. The quantitative estimate of drug-likeness (QED) is 0.674. The zero-order valence-electron chi connectivity index (χ0n) is 10.6. The largest absolute Gasteiger partial charge is 0.325 e. The second-order valence-electron chi connectivity index (χ2n) is 6.06. The maximum Gasteiger partial charge on any atom is 0.272 e. The van der Waals surface area contributed by atoms with Gasteiger partial charge >= 0.3 is 0 Å². The molecule has 1 aromatic carbocycles. The minimum Gasteiger partial charge on any atom is -0.325 e. The molecule has 0 radical (unpaired) electrons. The Hall–Kier alpha value is -1.49. The van der Waals surface area contributed by atoms with Crippen molar-refractivity contribution in [2.75, 3.05) is 0 Å². The molecule has 2 saturated carbocycles. The number of hydrogen-bond acceptors (Lipinski definition) is 3. The number of fused-ring (bicyclic) bond motifs is 2. The van der Waals surface area contributed by atoms with Crippen molar-refractivity contribution in [3.63, 3.8) is 0 Å². The van der Waals surface area contributed by atoms with Gasteiger partial charge in [0.05, 0.1) is 11.0 Å². The smallest absolute Gasteiger partial charge is 0.272 e. The highest BCUT2D eigenvalue weighted by atomic mass is 19.1. The van der Waals surface area contributed by atoms with E-state index in [1.54, 1.807) is 0 Å². The van der Waals surface area contributed by atoms with Crippen LogP contribution in [0.1, 0.15) is 31.2 Å². The minimum atomic E-state index is -0.559. The zero-order chi connectivity index (χ0) is 13.6. The molecule has 19 heavy (non-hydrogen) atoms. The number of non-ortho nitro benzene ring substituents is 1. The molecule has 5 heteroatoms. The van der Waals surface area contributed by atoms with Gasteiger partial charge < -0.3 is 5.73 Å². The normalized spacial score (nSPS) is 32.7. The Morgan fingerprint density at radius 3 is 2.79 bits per heavy atom. The van der Waals surface area contributed by atoms with Gasteiger partial charge in [0.15, 0.2) is 0 Å². The molecule has 2 bridgehead atoms. The summed E-state index contributed by atoms with van der Waals surface area (Å²) in [6.07, 6.45) is 5.04. The molecule has 102 valence electrons. The van der Waals surface area contributed by atoms with Crippen molar-refractivity contribution in [1.82, 2.24) is 0 Å². The summed E-state index contributed by atoms with van der Waals surface area (Å²) in [5.74, 6) is 0.620. The van der Waals surface area contributed by atoms with E-state index in [1.165, 1.54) is 18.6 Å². The first kappa shape index (κ1) is 12.5. The van der Waals surface area contributed by atoms with Crippen LogP contribution in [0.5, 0.6) is 0 Å². The SMILES string of the molecule is NC1(Cc2cc(F)cc([N+](=O)[O-])c2)CC2CCC1C2. The van der Waals surface area contributed by atoms with Crippen molar-refractivity contribution in [2.45, 2.75) is 37.6 Å². The molecule has 0 heterocycles. The molecule has 0 spiro atoms. The van der Waals surface area contributed by atoms with E-state index >= 15 is 0 Å². The van der Waals surface area contributed by atoms with E-state index in [2.05, 4.69) is 0 Å². The lowest BCUT2D eigenvalue weighted by Gasteiger charge is -2.34. The van der Waals surface area contributed by atoms with Gasteiger partial charge in [0.1, 0.15) is 5.82 Å². The van der Waals surface area contributed by atoms with Crippen LogP contribution in [0.2, 0.25) is 0 Å². The summed E-state index contributed by atoms with van der Waals surface area (Å²) in [7, 11) is 0. The second kappa shape index (κ2) is 4.27. The summed E-state index contributed by atoms with van der Waals surface area (Å²) >= 11 is 0. The van der Waals surface area contributed by atoms with Crippen LogP contribution in [0.3, 0.4) is 0 Å². The zero-order valence-corrected chi connectivity index (χ0v) is 10.6. The van der Waals surface area contributed by atoms with E-state index in [-0.39, 0.29) is 11.2 Å². The first-order valence-electron chi connectivity index (χ1n) is 6.69. The summed E-state index contributed by atoms with van der Waals surface area (Å²) in [6.45, 7) is 0. The Labute approximate surface area is 110 Å². The van der Waals surface area contributed by atoms with Crippen molar-refractivity contribution in [2.24, 2.45) is 17.6 Å². The highest BCUT2D eigenvalue weighted by Crippen LogP contribution is 2.50. The van der Waals surface area contributed by atoms with Crippen molar-refractivity contribution < 1.29 is 9.31 Å². The van der Waals surface area contributed by atoms with E-state index < -0.39 is 10.7 Å². The second-order valence-corrected chi connectivity index (χ2v) is 6.06. The van der Waals surface area contributed by atoms with Gasteiger partial charge in [0.25, 0.3) is 5.69 Å². The van der Waals surface area contributed by atoms with Crippen LogP contribution in [-0.4, -0.2) is 10.5 Å². The Kier molecular flexibility index (Phi) is 2.82. The van der Waals surface area contributed by atoms with Crippen LogP contribution in [0.25, 0.3) is 0 Å². The highest BCUT2D eigenvalue weighted by molar-refractivity contribution is 5.36. The topological polar surface area (TPSA) is 69.2 Å². The predicted molar refractivity (Wildman–Crippen MR) is 69.1 cm³/mol. The number of nitrogens with zero attached hydrogens (tertiary/aromatic N) is 1. The summed E-state index contributed by atoms with van der Waals surface area (Å²) in [6, 6.07) is 3.77. The number of hydrogen-bond donors (Lipinski definition) is 1.